The molecule has 0 aliphatic carbocycles. The molecule has 0 saturated heterocycles. The Morgan fingerprint density at radius 2 is 2.00 bits per heavy atom. The van der Waals surface area contributed by atoms with Crippen molar-refractivity contribution in [1.29, 1.82) is 0 Å². The number of carbonyl (C=O) groups is 1. The summed E-state index contributed by atoms with van der Waals surface area (Å²) >= 11 is 0. The molecule has 7 nitrogen and oxygen atoms in total. The van der Waals surface area contributed by atoms with Gasteiger partial charge in [-0.05, 0) is 30.7 Å². The average molecular weight is 389 g/mol. The summed E-state index contributed by atoms with van der Waals surface area (Å²) in [6.45, 7) is 1.69. The van der Waals surface area contributed by atoms with Gasteiger partial charge in [0, 0.05) is 12.4 Å². The van der Waals surface area contributed by atoms with E-state index < -0.39 is 17.7 Å². The molecular formula is C18H14F3N5O2. The maximum atomic E-state index is 12.7. The number of carbonyl (C=O) groups excluding carboxylic acids is 1. The first-order valence-corrected chi connectivity index (χ1v) is 7.95. The molecule has 0 aliphatic heterocycles. The van der Waals surface area contributed by atoms with Crippen LogP contribution in [0.4, 0.5) is 18.9 Å². The van der Waals surface area contributed by atoms with E-state index in [1.54, 1.807) is 25.1 Å². The molecule has 0 aliphatic rings. The van der Waals surface area contributed by atoms with Crippen LogP contribution < -0.4 is 0 Å². The van der Waals surface area contributed by atoms with E-state index in [1.165, 1.54) is 25.7 Å². The highest BCUT2D eigenvalue weighted by Gasteiger charge is 2.32. The van der Waals surface area contributed by atoms with Gasteiger partial charge in [-0.25, -0.2) is 14.5 Å². The minimum Gasteiger partial charge on any atom is -0.465 e. The molecule has 0 fully saturated rings. The quantitative estimate of drug-likeness (QED) is 0.504. The summed E-state index contributed by atoms with van der Waals surface area (Å²) < 4.78 is 43.8. The van der Waals surface area contributed by atoms with E-state index in [9.17, 15) is 18.0 Å². The Kier molecular flexibility index (Phi) is 5.21. The fraction of sp³-hybridized carbons (Fsp3) is 0.167. The second-order valence-corrected chi connectivity index (χ2v) is 5.73. The molecule has 3 rings (SSSR count). The number of aliphatic imine (C=N–C) groups is 1. The standard InChI is InChI=1S/C18H14F3N5O2/c1-11-5-15(23-8-14-4-3-12(6-22-14)17(27)28-2)9-24-16(11)26-10-13(7-25-26)18(19,20)21/h3-10H,1-2H3. The summed E-state index contributed by atoms with van der Waals surface area (Å²) in [5, 5.41) is 3.71. The number of hydrogen-bond donors (Lipinski definition) is 0. The van der Waals surface area contributed by atoms with Crippen LogP contribution in [0.15, 0.2) is 48.0 Å². The summed E-state index contributed by atoms with van der Waals surface area (Å²) in [5.74, 6) is -0.214. The van der Waals surface area contributed by atoms with Crippen molar-refractivity contribution in [3.05, 3.63) is 65.4 Å². The predicted octanol–water partition coefficient (Wildman–Crippen LogP) is 3.53. The molecule has 0 aromatic carbocycles. The van der Waals surface area contributed by atoms with Crippen molar-refractivity contribution in [1.82, 2.24) is 19.7 Å². The van der Waals surface area contributed by atoms with Crippen LogP contribution in [0.1, 0.15) is 27.2 Å². The fourth-order valence-electron chi connectivity index (χ4n) is 2.31. The van der Waals surface area contributed by atoms with Crippen molar-refractivity contribution in [3.8, 4) is 5.82 Å². The van der Waals surface area contributed by atoms with Crippen LogP contribution in [-0.4, -0.2) is 39.0 Å². The smallest absolute Gasteiger partial charge is 0.419 e. The topological polar surface area (TPSA) is 82.3 Å². The first-order valence-electron chi connectivity index (χ1n) is 7.95. The number of methoxy groups -OCH3 is 1. The number of halogens is 3. The van der Waals surface area contributed by atoms with Crippen molar-refractivity contribution < 1.29 is 22.7 Å². The van der Waals surface area contributed by atoms with E-state index in [1.807, 2.05) is 0 Å². The zero-order valence-electron chi connectivity index (χ0n) is 14.8. The van der Waals surface area contributed by atoms with E-state index in [-0.39, 0.29) is 5.82 Å². The summed E-state index contributed by atoms with van der Waals surface area (Å²) in [7, 11) is 1.28. The van der Waals surface area contributed by atoms with Crippen LogP contribution in [0, 0.1) is 6.92 Å². The van der Waals surface area contributed by atoms with Gasteiger partial charge in [-0.2, -0.15) is 18.3 Å². The lowest BCUT2D eigenvalue weighted by Crippen LogP contribution is -2.04. The van der Waals surface area contributed by atoms with Crippen molar-refractivity contribution >= 4 is 17.9 Å². The number of esters is 1. The van der Waals surface area contributed by atoms with Crippen LogP contribution in [0.5, 0.6) is 0 Å². The Balaban J connectivity index is 1.78. The fourth-order valence-corrected chi connectivity index (χ4v) is 2.31. The summed E-state index contributed by atoms with van der Waals surface area (Å²) in [5.41, 5.74) is 1.07. The normalized spacial score (nSPS) is 11.8. The van der Waals surface area contributed by atoms with E-state index >= 15 is 0 Å². The Morgan fingerprint density at radius 1 is 1.21 bits per heavy atom. The van der Waals surface area contributed by atoms with Gasteiger partial charge in [-0.15, -0.1) is 0 Å². The third-order valence-electron chi connectivity index (χ3n) is 3.72. The molecule has 144 valence electrons. The molecule has 0 spiro atoms. The summed E-state index contributed by atoms with van der Waals surface area (Å²) in [6, 6.07) is 4.83. The van der Waals surface area contributed by atoms with Crippen molar-refractivity contribution in [3.63, 3.8) is 0 Å². The second-order valence-electron chi connectivity index (χ2n) is 5.73. The van der Waals surface area contributed by atoms with Crippen molar-refractivity contribution in [2.75, 3.05) is 7.11 Å². The van der Waals surface area contributed by atoms with Gasteiger partial charge in [-0.1, -0.05) is 0 Å². The van der Waals surface area contributed by atoms with Crippen LogP contribution in [-0.2, 0) is 10.9 Å². The molecule has 0 amide bonds. The van der Waals surface area contributed by atoms with Crippen molar-refractivity contribution in [2.45, 2.75) is 13.1 Å². The number of nitrogens with zero attached hydrogens (tertiary/aromatic N) is 5. The van der Waals surface area contributed by atoms with Crippen molar-refractivity contribution in [2.24, 2.45) is 4.99 Å². The maximum absolute atomic E-state index is 12.7. The van der Waals surface area contributed by atoms with Gasteiger partial charge in [0.2, 0.25) is 0 Å². The molecule has 0 bridgehead atoms. The number of aryl methyl sites for hydroxylation is 1. The second kappa shape index (κ2) is 7.59. The van der Waals surface area contributed by atoms with Gasteiger partial charge in [0.15, 0.2) is 5.82 Å². The lowest BCUT2D eigenvalue weighted by Gasteiger charge is -2.05. The van der Waals surface area contributed by atoms with Gasteiger partial charge in [-0.3, -0.25) is 9.98 Å². The molecule has 3 aromatic heterocycles. The highest BCUT2D eigenvalue weighted by atomic mass is 19.4. The first-order chi connectivity index (χ1) is 13.3. The van der Waals surface area contributed by atoms with Gasteiger partial charge >= 0.3 is 12.1 Å². The van der Waals surface area contributed by atoms with E-state index in [4.69, 9.17) is 0 Å². The van der Waals surface area contributed by atoms with Crippen LogP contribution >= 0.6 is 0 Å². The number of ether oxygens (including phenoxy) is 1. The third kappa shape index (κ3) is 4.22. The van der Waals surface area contributed by atoms with Gasteiger partial charge in [0.1, 0.15) is 0 Å². The van der Waals surface area contributed by atoms with E-state index in [0.717, 1.165) is 17.1 Å². The molecule has 0 radical (unpaired) electrons. The molecule has 28 heavy (non-hydrogen) atoms. The minimum atomic E-state index is -4.47. The van der Waals surface area contributed by atoms with E-state index in [0.29, 0.717) is 22.5 Å². The molecule has 0 N–H and O–H groups in total. The van der Waals surface area contributed by atoms with E-state index in [2.05, 4.69) is 24.8 Å². The molecule has 3 aromatic rings. The summed E-state index contributed by atoms with van der Waals surface area (Å²) in [6.07, 6.45) is 1.42. The first kappa shape index (κ1) is 19.2. The molecular weight excluding hydrogens is 375 g/mol. The van der Waals surface area contributed by atoms with Crippen LogP contribution in [0.2, 0.25) is 0 Å². The number of hydrogen-bond acceptors (Lipinski definition) is 6. The predicted molar refractivity (Wildman–Crippen MR) is 93.9 cm³/mol. The average Bonchev–Trinajstić information content (AvgIpc) is 3.16. The SMILES string of the molecule is COC(=O)c1ccc(C=Nc2cnc(-n3cc(C(F)(F)F)cn3)c(C)c2)nc1. The van der Waals surface area contributed by atoms with Crippen LogP contribution in [0.3, 0.4) is 0 Å². The minimum absolute atomic E-state index is 0.273. The maximum Gasteiger partial charge on any atom is 0.419 e. The Labute approximate surface area is 157 Å². The highest BCUT2D eigenvalue weighted by molar-refractivity contribution is 5.89. The van der Waals surface area contributed by atoms with Gasteiger partial charge in [0.05, 0.1) is 48.2 Å². The lowest BCUT2D eigenvalue weighted by atomic mass is 10.2. The third-order valence-corrected chi connectivity index (χ3v) is 3.72. The lowest BCUT2D eigenvalue weighted by molar-refractivity contribution is -0.137. The van der Waals surface area contributed by atoms with Gasteiger partial charge in [0.25, 0.3) is 0 Å². The molecule has 3 heterocycles. The Morgan fingerprint density at radius 3 is 2.57 bits per heavy atom. The Hall–Kier alpha value is -3.56. The zero-order chi connectivity index (χ0) is 20.3. The largest absolute Gasteiger partial charge is 0.465 e. The molecule has 0 unspecified atom stereocenters. The molecule has 10 heteroatoms. The monoisotopic (exact) mass is 389 g/mol. The number of aromatic nitrogens is 4. The van der Waals surface area contributed by atoms with Crippen LogP contribution in [0.25, 0.3) is 5.82 Å². The number of alkyl halides is 3. The number of rotatable bonds is 4. The molecule has 0 atom stereocenters. The summed E-state index contributed by atoms with van der Waals surface area (Å²) in [4.78, 5) is 23.8. The van der Waals surface area contributed by atoms with Gasteiger partial charge < -0.3 is 4.74 Å². The zero-order valence-corrected chi connectivity index (χ0v) is 14.8. The molecule has 0 saturated carbocycles. The highest BCUT2D eigenvalue weighted by Crippen LogP contribution is 2.29. The number of pyridine rings is 2. The Bertz CT molecular complexity index is 1030.